The van der Waals surface area contributed by atoms with E-state index in [-0.39, 0.29) is 12.3 Å². The van der Waals surface area contributed by atoms with Crippen LogP contribution in [-0.4, -0.2) is 51.9 Å². The SMILES string of the molecule is O=C(O)CC(CN1CC[C@@H](CCc2ccc3c(c2)NCCC3)C1)c1cccc(-n2cccn2)c1. The lowest BCUT2D eigenvalue weighted by Gasteiger charge is -2.24. The summed E-state index contributed by atoms with van der Waals surface area (Å²) in [5.74, 6) is -0.102. The fourth-order valence-electron chi connectivity index (χ4n) is 5.50. The molecule has 0 saturated carbocycles. The number of carboxylic acid groups (broad SMARTS) is 1. The highest BCUT2D eigenvalue weighted by Gasteiger charge is 2.26. The Labute approximate surface area is 201 Å². The highest BCUT2D eigenvalue weighted by atomic mass is 16.4. The maximum Gasteiger partial charge on any atom is 0.304 e. The van der Waals surface area contributed by atoms with Crippen LogP contribution in [-0.2, 0) is 17.6 Å². The molecule has 6 heteroatoms. The number of fused-ring (bicyclic) bond motifs is 1. The molecule has 178 valence electrons. The van der Waals surface area contributed by atoms with Gasteiger partial charge in [0.2, 0.25) is 0 Å². The zero-order valence-corrected chi connectivity index (χ0v) is 19.7. The van der Waals surface area contributed by atoms with Gasteiger partial charge in [-0.1, -0.05) is 24.3 Å². The van der Waals surface area contributed by atoms with Crippen LogP contribution in [0.25, 0.3) is 5.69 Å². The summed E-state index contributed by atoms with van der Waals surface area (Å²) in [6.45, 7) is 3.97. The van der Waals surface area contributed by atoms with Gasteiger partial charge in [0.05, 0.1) is 12.1 Å². The van der Waals surface area contributed by atoms with E-state index in [0.29, 0.717) is 5.92 Å². The van der Waals surface area contributed by atoms with E-state index >= 15 is 0 Å². The van der Waals surface area contributed by atoms with Crippen LogP contribution in [0.4, 0.5) is 5.69 Å². The summed E-state index contributed by atoms with van der Waals surface area (Å²) < 4.78 is 1.82. The van der Waals surface area contributed by atoms with Crippen molar-refractivity contribution in [1.82, 2.24) is 14.7 Å². The molecule has 1 aromatic heterocycles. The smallest absolute Gasteiger partial charge is 0.304 e. The molecule has 2 N–H and O–H groups in total. The number of likely N-dealkylation sites (tertiary alicyclic amines) is 1. The molecule has 0 spiro atoms. The van der Waals surface area contributed by atoms with Gasteiger partial charge in [0.25, 0.3) is 0 Å². The first-order chi connectivity index (χ1) is 16.6. The Hall–Kier alpha value is -3.12. The molecule has 6 nitrogen and oxygen atoms in total. The zero-order valence-electron chi connectivity index (χ0n) is 19.7. The fraction of sp³-hybridized carbons (Fsp3) is 0.429. The summed E-state index contributed by atoms with van der Waals surface area (Å²) in [5.41, 5.74) is 6.23. The number of anilines is 1. The van der Waals surface area contributed by atoms with E-state index in [4.69, 9.17) is 0 Å². The minimum Gasteiger partial charge on any atom is -0.481 e. The lowest BCUT2D eigenvalue weighted by Crippen LogP contribution is -2.28. The van der Waals surface area contributed by atoms with Crippen molar-refractivity contribution in [2.24, 2.45) is 5.92 Å². The minimum atomic E-state index is -0.744. The largest absolute Gasteiger partial charge is 0.481 e. The summed E-state index contributed by atoms with van der Waals surface area (Å²) >= 11 is 0. The van der Waals surface area contributed by atoms with Crippen LogP contribution in [0.1, 0.15) is 48.3 Å². The maximum atomic E-state index is 11.7. The number of aliphatic carboxylic acids is 1. The standard InChI is InChI=1S/C28H34N4O2/c33-28(34)18-25(24-4-1-6-26(17-24)32-14-3-13-30-32)20-31-15-11-22(19-31)8-7-21-9-10-23-5-2-12-29-27(23)16-21/h1,3-4,6,9-10,13-14,16-17,22,25,29H,2,5,7-8,11-12,15,18-20H2,(H,33,34)/t22-,25?/m1/s1. The van der Waals surface area contributed by atoms with Crippen LogP contribution >= 0.6 is 0 Å². The number of nitrogens with one attached hydrogen (secondary N) is 1. The molecule has 3 heterocycles. The topological polar surface area (TPSA) is 70.4 Å². The molecular weight excluding hydrogens is 424 g/mol. The predicted octanol–water partition coefficient (Wildman–Crippen LogP) is 4.74. The number of carboxylic acids is 1. The molecule has 2 aliphatic heterocycles. The monoisotopic (exact) mass is 458 g/mol. The molecule has 0 amide bonds. The van der Waals surface area contributed by atoms with Crippen LogP contribution in [0, 0.1) is 5.92 Å². The van der Waals surface area contributed by atoms with Crippen molar-refractivity contribution in [2.75, 3.05) is 31.5 Å². The van der Waals surface area contributed by atoms with E-state index < -0.39 is 5.97 Å². The van der Waals surface area contributed by atoms with Gasteiger partial charge in [0, 0.05) is 43.6 Å². The van der Waals surface area contributed by atoms with Crippen molar-refractivity contribution in [2.45, 2.75) is 44.4 Å². The Balaban J connectivity index is 1.19. The number of rotatable bonds is 9. The zero-order chi connectivity index (χ0) is 23.3. The lowest BCUT2D eigenvalue weighted by molar-refractivity contribution is -0.137. The van der Waals surface area contributed by atoms with Crippen molar-refractivity contribution in [3.05, 3.63) is 77.6 Å². The van der Waals surface area contributed by atoms with Gasteiger partial charge in [-0.2, -0.15) is 5.10 Å². The molecule has 34 heavy (non-hydrogen) atoms. The van der Waals surface area contributed by atoms with E-state index in [1.165, 1.54) is 42.5 Å². The van der Waals surface area contributed by atoms with Crippen molar-refractivity contribution in [1.29, 1.82) is 0 Å². The Morgan fingerprint density at radius 1 is 1.21 bits per heavy atom. The summed E-state index contributed by atoms with van der Waals surface area (Å²) in [4.78, 5) is 14.1. The number of carbonyl (C=O) groups is 1. The second kappa shape index (κ2) is 10.4. The van der Waals surface area contributed by atoms with Crippen LogP contribution in [0.3, 0.4) is 0 Å². The molecule has 3 aromatic rings. The van der Waals surface area contributed by atoms with Crippen molar-refractivity contribution in [3.8, 4) is 5.69 Å². The number of benzene rings is 2. The van der Waals surface area contributed by atoms with Crippen molar-refractivity contribution in [3.63, 3.8) is 0 Å². The Morgan fingerprint density at radius 3 is 3.00 bits per heavy atom. The molecule has 2 aromatic carbocycles. The molecule has 0 aliphatic carbocycles. The van der Waals surface area contributed by atoms with Crippen LogP contribution < -0.4 is 5.32 Å². The molecule has 1 unspecified atom stereocenters. The Kier molecular flexibility index (Phi) is 6.95. The first-order valence-corrected chi connectivity index (χ1v) is 12.5. The van der Waals surface area contributed by atoms with Gasteiger partial charge in [0.1, 0.15) is 0 Å². The van der Waals surface area contributed by atoms with Crippen molar-refractivity contribution >= 4 is 11.7 Å². The third-order valence-electron chi connectivity index (χ3n) is 7.33. The summed E-state index contributed by atoms with van der Waals surface area (Å²) in [5, 5.41) is 17.4. The van der Waals surface area contributed by atoms with Gasteiger partial charge in [-0.15, -0.1) is 0 Å². The van der Waals surface area contributed by atoms with Gasteiger partial charge in [-0.3, -0.25) is 4.79 Å². The highest BCUT2D eigenvalue weighted by Crippen LogP contribution is 2.29. The van der Waals surface area contributed by atoms with Gasteiger partial charge >= 0.3 is 5.97 Å². The van der Waals surface area contributed by atoms with E-state index in [1.807, 2.05) is 29.1 Å². The van der Waals surface area contributed by atoms with Gasteiger partial charge in [-0.05, 0) is 85.5 Å². The molecule has 5 rings (SSSR count). The quantitative estimate of drug-likeness (QED) is 0.485. The molecule has 1 saturated heterocycles. The number of aryl methyl sites for hydroxylation is 2. The van der Waals surface area contributed by atoms with Crippen molar-refractivity contribution < 1.29 is 9.90 Å². The third-order valence-corrected chi connectivity index (χ3v) is 7.33. The van der Waals surface area contributed by atoms with Gasteiger partial charge in [-0.25, -0.2) is 4.68 Å². The first-order valence-electron chi connectivity index (χ1n) is 12.5. The van der Waals surface area contributed by atoms with Crippen LogP contribution in [0.5, 0.6) is 0 Å². The highest BCUT2D eigenvalue weighted by molar-refractivity contribution is 5.68. The average molecular weight is 459 g/mol. The number of nitrogens with zero attached hydrogens (tertiary/aromatic N) is 3. The normalized spacial score (nSPS) is 18.9. The summed E-state index contributed by atoms with van der Waals surface area (Å²) in [7, 11) is 0. The number of aromatic nitrogens is 2. The fourth-order valence-corrected chi connectivity index (χ4v) is 5.50. The molecule has 1 fully saturated rings. The molecule has 2 aliphatic rings. The first kappa shape index (κ1) is 22.7. The van der Waals surface area contributed by atoms with E-state index in [9.17, 15) is 9.90 Å². The Bertz CT molecular complexity index is 1110. The van der Waals surface area contributed by atoms with E-state index in [1.54, 1.807) is 6.20 Å². The van der Waals surface area contributed by atoms with E-state index in [2.05, 4.69) is 45.6 Å². The molecule has 2 atom stereocenters. The number of hydrogen-bond donors (Lipinski definition) is 2. The average Bonchev–Trinajstić information content (AvgIpc) is 3.55. The molecule has 0 bridgehead atoms. The second-order valence-corrected chi connectivity index (χ2v) is 9.82. The van der Waals surface area contributed by atoms with Crippen LogP contribution in [0.15, 0.2) is 60.9 Å². The van der Waals surface area contributed by atoms with E-state index in [0.717, 1.165) is 43.9 Å². The van der Waals surface area contributed by atoms with Crippen LogP contribution in [0.2, 0.25) is 0 Å². The Morgan fingerprint density at radius 2 is 2.15 bits per heavy atom. The summed E-state index contributed by atoms with van der Waals surface area (Å²) in [6.07, 6.45) is 9.71. The summed E-state index contributed by atoms with van der Waals surface area (Å²) in [6, 6.07) is 17.0. The second-order valence-electron chi connectivity index (χ2n) is 9.82. The van der Waals surface area contributed by atoms with Gasteiger partial charge in [0.15, 0.2) is 0 Å². The molecular formula is C28H34N4O2. The lowest BCUT2D eigenvalue weighted by atomic mass is 9.94. The number of hydrogen-bond acceptors (Lipinski definition) is 4. The van der Waals surface area contributed by atoms with Gasteiger partial charge < -0.3 is 15.3 Å². The predicted molar refractivity (Wildman–Crippen MR) is 135 cm³/mol. The molecule has 0 radical (unpaired) electrons. The third kappa shape index (κ3) is 5.50. The maximum absolute atomic E-state index is 11.7. The minimum absolute atomic E-state index is 0.0292.